The maximum Gasteiger partial charge on any atom is 0.275 e. The van der Waals surface area contributed by atoms with Crippen LogP contribution in [0, 0.1) is 13.8 Å². The second-order valence-electron chi connectivity index (χ2n) is 5.91. The Labute approximate surface area is 137 Å². The van der Waals surface area contributed by atoms with Gasteiger partial charge in [-0.25, -0.2) is 14.5 Å². The van der Waals surface area contributed by atoms with E-state index in [9.17, 15) is 4.79 Å². The summed E-state index contributed by atoms with van der Waals surface area (Å²) in [6.07, 6.45) is 7.27. The van der Waals surface area contributed by atoms with Crippen molar-refractivity contribution in [1.82, 2.24) is 33.7 Å². The lowest BCUT2D eigenvalue weighted by atomic mass is 10.1. The summed E-state index contributed by atoms with van der Waals surface area (Å²) < 4.78 is 5.37. The normalized spacial score (nSPS) is 11.5. The van der Waals surface area contributed by atoms with Crippen LogP contribution >= 0.6 is 0 Å². The molecule has 4 heterocycles. The largest absolute Gasteiger partial charge is 0.338 e. The minimum atomic E-state index is -0.195. The summed E-state index contributed by atoms with van der Waals surface area (Å²) in [5.41, 5.74) is 2.91. The average Bonchev–Trinajstić information content (AvgIpc) is 3.18. The lowest BCUT2D eigenvalue weighted by Crippen LogP contribution is -2.15. The Bertz CT molecular complexity index is 1110. The van der Waals surface area contributed by atoms with Gasteiger partial charge in [-0.3, -0.25) is 4.79 Å². The number of hydrogen-bond acceptors (Lipinski definition) is 4. The third kappa shape index (κ3) is 1.99. The van der Waals surface area contributed by atoms with Crippen molar-refractivity contribution in [2.75, 3.05) is 0 Å². The lowest BCUT2D eigenvalue weighted by Gasteiger charge is -2.02. The van der Waals surface area contributed by atoms with Crippen LogP contribution in [0.1, 0.15) is 11.4 Å². The Hall–Kier alpha value is -3.16. The maximum atomic E-state index is 12.6. The Balaban J connectivity index is 1.97. The molecule has 0 aliphatic heterocycles. The molecule has 0 bridgehead atoms. The van der Waals surface area contributed by atoms with Crippen molar-refractivity contribution in [2.45, 2.75) is 13.8 Å². The summed E-state index contributed by atoms with van der Waals surface area (Å²) in [4.78, 5) is 24.2. The summed E-state index contributed by atoms with van der Waals surface area (Å²) in [6.45, 7) is 3.85. The summed E-state index contributed by atoms with van der Waals surface area (Å²) in [5, 5.41) is 4.52. The second kappa shape index (κ2) is 4.92. The smallest absolute Gasteiger partial charge is 0.275 e. The predicted octanol–water partition coefficient (Wildman–Crippen LogP) is 1.44. The van der Waals surface area contributed by atoms with Crippen molar-refractivity contribution in [3.8, 4) is 22.9 Å². The van der Waals surface area contributed by atoms with E-state index in [-0.39, 0.29) is 5.56 Å². The number of rotatable bonds is 2. The van der Waals surface area contributed by atoms with Gasteiger partial charge in [-0.15, -0.1) is 5.10 Å². The first-order valence-corrected chi connectivity index (χ1v) is 7.56. The first kappa shape index (κ1) is 14.4. The molecule has 1 N–H and O–H groups in total. The number of imidazole rings is 2. The van der Waals surface area contributed by atoms with E-state index in [0.717, 1.165) is 22.6 Å². The molecule has 8 nitrogen and oxygen atoms in total. The molecule has 0 atom stereocenters. The van der Waals surface area contributed by atoms with Crippen LogP contribution in [-0.4, -0.2) is 33.7 Å². The van der Waals surface area contributed by atoms with E-state index in [2.05, 4.69) is 20.1 Å². The molecule has 122 valence electrons. The Morgan fingerprint density at radius 1 is 1.12 bits per heavy atom. The van der Waals surface area contributed by atoms with Gasteiger partial charge in [0.25, 0.3) is 5.56 Å². The highest BCUT2D eigenvalue weighted by molar-refractivity contribution is 5.73. The monoisotopic (exact) mass is 323 g/mol. The van der Waals surface area contributed by atoms with Crippen molar-refractivity contribution in [3.63, 3.8) is 0 Å². The number of hydrogen-bond donors (Lipinski definition) is 1. The SMILES string of the molecule is Cc1c(-c2cn(C)c(C)n2)cn2nc(-c3nccn3C)[nH]c(=O)c12. The van der Waals surface area contributed by atoms with Gasteiger partial charge >= 0.3 is 0 Å². The first-order chi connectivity index (χ1) is 11.5. The number of fused-ring (bicyclic) bond motifs is 1. The van der Waals surface area contributed by atoms with E-state index in [1.165, 1.54) is 0 Å². The van der Waals surface area contributed by atoms with Crippen molar-refractivity contribution in [3.05, 3.63) is 46.5 Å². The fourth-order valence-electron chi connectivity index (χ4n) is 2.88. The number of aromatic amines is 1. The molecular weight excluding hydrogens is 306 g/mol. The highest BCUT2D eigenvalue weighted by Gasteiger charge is 2.17. The van der Waals surface area contributed by atoms with Crippen LogP contribution in [0.25, 0.3) is 28.4 Å². The van der Waals surface area contributed by atoms with Crippen LogP contribution in [-0.2, 0) is 14.1 Å². The summed E-state index contributed by atoms with van der Waals surface area (Å²) >= 11 is 0. The van der Waals surface area contributed by atoms with Crippen LogP contribution in [0.15, 0.2) is 29.6 Å². The van der Waals surface area contributed by atoms with Gasteiger partial charge in [-0.1, -0.05) is 0 Å². The van der Waals surface area contributed by atoms with Crippen molar-refractivity contribution in [2.24, 2.45) is 14.1 Å². The van der Waals surface area contributed by atoms with Gasteiger partial charge in [0, 0.05) is 44.4 Å². The van der Waals surface area contributed by atoms with Crippen molar-refractivity contribution < 1.29 is 0 Å². The Kier molecular flexibility index (Phi) is 2.96. The van der Waals surface area contributed by atoms with E-state index in [1.807, 2.05) is 55.7 Å². The van der Waals surface area contributed by atoms with E-state index in [0.29, 0.717) is 17.2 Å². The van der Waals surface area contributed by atoms with Crippen LogP contribution in [0.3, 0.4) is 0 Å². The molecule has 4 rings (SSSR count). The molecule has 0 saturated heterocycles. The standard InChI is InChI=1S/C16H17N7O/c1-9-11(12-8-22(4)10(2)18-12)7-23-13(9)16(24)19-14(20-23)15-17-5-6-21(15)3/h5-8H,1-4H3,(H,19,20,24). The molecule has 0 radical (unpaired) electrons. The highest BCUT2D eigenvalue weighted by atomic mass is 16.1. The minimum absolute atomic E-state index is 0.195. The van der Waals surface area contributed by atoms with Gasteiger partial charge in [0.1, 0.15) is 11.3 Å². The second-order valence-corrected chi connectivity index (χ2v) is 5.91. The van der Waals surface area contributed by atoms with Gasteiger partial charge in [-0.2, -0.15) is 0 Å². The number of aromatic nitrogens is 7. The van der Waals surface area contributed by atoms with E-state index in [1.54, 1.807) is 10.7 Å². The summed E-state index contributed by atoms with van der Waals surface area (Å²) in [6, 6.07) is 0. The quantitative estimate of drug-likeness (QED) is 0.605. The molecular formula is C16H17N7O. The third-order valence-corrected chi connectivity index (χ3v) is 4.31. The molecule has 8 heteroatoms. The molecule has 0 aliphatic rings. The zero-order chi connectivity index (χ0) is 17.0. The van der Waals surface area contributed by atoms with Crippen molar-refractivity contribution in [1.29, 1.82) is 0 Å². The van der Waals surface area contributed by atoms with Gasteiger partial charge in [-0.05, 0) is 19.4 Å². The van der Waals surface area contributed by atoms with Crippen LogP contribution in [0.4, 0.5) is 0 Å². The van der Waals surface area contributed by atoms with Crippen LogP contribution in [0.5, 0.6) is 0 Å². The molecule has 0 amide bonds. The Morgan fingerprint density at radius 3 is 2.54 bits per heavy atom. The van der Waals surface area contributed by atoms with Crippen LogP contribution in [0.2, 0.25) is 0 Å². The zero-order valence-electron chi connectivity index (χ0n) is 13.9. The lowest BCUT2D eigenvalue weighted by molar-refractivity contribution is 0.850. The number of H-pyrrole nitrogens is 1. The first-order valence-electron chi connectivity index (χ1n) is 7.56. The van der Waals surface area contributed by atoms with Crippen molar-refractivity contribution >= 4 is 5.52 Å². The number of nitrogens with zero attached hydrogens (tertiary/aromatic N) is 6. The topological polar surface area (TPSA) is 85.8 Å². The van der Waals surface area contributed by atoms with Gasteiger partial charge < -0.3 is 14.1 Å². The Morgan fingerprint density at radius 2 is 1.92 bits per heavy atom. The average molecular weight is 323 g/mol. The number of aryl methyl sites for hydroxylation is 4. The molecule has 4 aromatic rings. The van der Waals surface area contributed by atoms with Gasteiger partial charge in [0.2, 0.25) is 0 Å². The van der Waals surface area contributed by atoms with Crippen LogP contribution < -0.4 is 5.56 Å². The fourth-order valence-corrected chi connectivity index (χ4v) is 2.88. The molecule has 0 saturated carbocycles. The van der Waals surface area contributed by atoms with Gasteiger partial charge in [0.15, 0.2) is 11.6 Å². The fraction of sp³-hybridized carbons (Fsp3) is 0.250. The van der Waals surface area contributed by atoms with E-state index in [4.69, 9.17) is 0 Å². The molecule has 24 heavy (non-hydrogen) atoms. The predicted molar refractivity (Wildman–Crippen MR) is 89.7 cm³/mol. The summed E-state index contributed by atoms with van der Waals surface area (Å²) in [5.74, 6) is 1.95. The minimum Gasteiger partial charge on any atom is -0.338 e. The van der Waals surface area contributed by atoms with Gasteiger partial charge in [0.05, 0.1) is 5.69 Å². The number of nitrogens with one attached hydrogen (secondary N) is 1. The molecule has 0 spiro atoms. The molecule has 0 fully saturated rings. The van der Waals surface area contributed by atoms with E-state index >= 15 is 0 Å². The molecule has 0 aromatic carbocycles. The van der Waals surface area contributed by atoms with E-state index < -0.39 is 0 Å². The zero-order valence-corrected chi connectivity index (χ0v) is 13.9. The third-order valence-electron chi connectivity index (χ3n) is 4.31. The molecule has 4 aromatic heterocycles. The molecule has 0 unspecified atom stereocenters. The highest BCUT2D eigenvalue weighted by Crippen LogP contribution is 2.25. The summed E-state index contributed by atoms with van der Waals surface area (Å²) in [7, 11) is 3.80. The maximum absolute atomic E-state index is 12.6. The molecule has 0 aliphatic carbocycles.